The van der Waals surface area contributed by atoms with Crippen LogP contribution in [0.5, 0.6) is 0 Å². The molecule has 25 heavy (non-hydrogen) atoms. The van der Waals surface area contributed by atoms with Crippen LogP contribution < -0.4 is 10.0 Å². The van der Waals surface area contributed by atoms with Crippen molar-refractivity contribution in [1.82, 2.24) is 4.72 Å². The summed E-state index contributed by atoms with van der Waals surface area (Å²) in [7, 11) is -3.55. The van der Waals surface area contributed by atoms with Crippen LogP contribution in [0, 0.1) is 0 Å². The Morgan fingerprint density at radius 3 is 2.28 bits per heavy atom. The van der Waals surface area contributed by atoms with Gasteiger partial charge in [-0.1, -0.05) is 30.3 Å². The lowest BCUT2D eigenvalue weighted by atomic mass is 10.2. The molecule has 0 atom stereocenters. The van der Waals surface area contributed by atoms with Crippen LogP contribution in [0.1, 0.15) is 16.1 Å². The minimum absolute atomic E-state index is 0.156. The zero-order valence-electron chi connectivity index (χ0n) is 13.2. The molecule has 2 N–H and O–H groups in total. The van der Waals surface area contributed by atoms with Crippen molar-refractivity contribution in [2.24, 2.45) is 0 Å². The number of carbonyl (C=O) groups excluding carboxylic acids is 1. The van der Waals surface area contributed by atoms with E-state index in [0.717, 1.165) is 5.56 Å². The summed E-state index contributed by atoms with van der Waals surface area (Å²) in [5.41, 5.74) is 1.37. The molecule has 1 amide bonds. The Hall–Kier alpha value is -2.90. The maximum atomic E-state index is 12.2. The molecule has 0 saturated carbocycles. The van der Waals surface area contributed by atoms with Gasteiger partial charge in [0, 0.05) is 12.2 Å². The lowest BCUT2D eigenvalue weighted by Gasteiger charge is -2.08. The number of carbonyl (C=O) groups is 1. The summed E-state index contributed by atoms with van der Waals surface area (Å²) in [5, 5.41) is 2.70. The zero-order valence-corrected chi connectivity index (χ0v) is 14.0. The molecule has 0 unspecified atom stereocenters. The zero-order chi connectivity index (χ0) is 17.7. The Kier molecular flexibility index (Phi) is 4.97. The van der Waals surface area contributed by atoms with Crippen LogP contribution in [0.15, 0.2) is 82.3 Å². The second-order valence-corrected chi connectivity index (χ2v) is 7.03. The Morgan fingerprint density at radius 2 is 1.64 bits per heavy atom. The van der Waals surface area contributed by atoms with Crippen molar-refractivity contribution in [1.29, 1.82) is 0 Å². The van der Waals surface area contributed by atoms with Crippen molar-refractivity contribution in [2.45, 2.75) is 11.4 Å². The highest BCUT2D eigenvalue weighted by molar-refractivity contribution is 7.89. The van der Waals surface area contributed by atoms with Crippen LogP contribution in [0.2, 0.25) is 0 Å². The number of benzene rings is 2. The van der Waals surface area contributed by atoms with E-state index in [1.54, 1.807) is 54.6 Å². The van der Waals surface area contributed by atoms with Gasteiger partial charge in [-0.15, -0.1) is 0 Å². The van der Waals surface area contributed by atoms with Gasteiger partial charge in [0.05, 0.1) is 11.2 Å². The van der Waals surface area contributed by atoms with E-state index in [-0.39, 0.29) is 23.1 Å². The maximum absolute atomic E-state index is 12.2. The van der Waals surface area contributed by atoms with Crippen LogP contribution >= 0.6 is 0 Å². The molecule has 0 fully saturated rings. The second kappa shape index (κ2) is 7.33. The second-order valence-electron chi connectivity index (χ2n) is 5.27. The molecule has 3 rings (SSSR count). The van der Waals surface area contributed by atoms with Gasteiger partial charge in [0.15, 0.2) is 5.76 Å². The summed E-state index contributed by atoms with van der Waals surface area (Å²) < 4.78 is 31.9. The van der Waals surface area contributed by atoms with E-state index in [9.17, 15) is 13.2 Å². The van der Waals surface area contributed by atoms with Crippen molar-refractivity contribution >= 4 is 21.6 Å². The SMILES string of the molecule is O=C(Nc1ccc(CNS(=O)(=O)c2ccccc2)cc1)c1ccco1. The summed E-state index contributed by atoms with van der Waals surface area (Å²) in [6.45, 7) is 0.156. The smallest absolute Gasteiger partial charge is 0.291 e. The number of amides is 1. The summed E-state index contributed by atoms with van der Waals surface area (Å²) in [6.07, 6.45) is 1.43. The molecule has 0 saturated heterocycles. The standard InChI is InChI=1S/C18H16N2O4S/c21-18(17-7-4-12-24-17)20-15-10-8-14(9-11-15)13-19-25(22,23)16-5-2-1-3-6-16/h1-12,19H,13H2,(H,20,21). The molecule has 3 aromatic rings. The van der Waals surface area contributed by atoms with Gasteiger partial charge in [-0.3, -0.25) is 4.79 Å². The van der Waals surface area contributed by atoms with Crippen LogP contribution in [0.4, 0.5) is 5.69 Å². The van der Waals surface area contributed by atoms with E-state index in [1.165, 1.54) is 18.4 Å². The first kappa shape index (κ1) is 16.9. The van der Waals surface area contributed by atoms with Crippen LogP contribution in [0.25, 0.3) is 0 Å². The van der Waals surface area contributed by atoms with Crippen molar-refractivity contribution in [3.05, 3.63) is 84.3 Å². The first-order chi connectivity index (χ1) is 12.0. The molecule has 6 nitrogen and oxygen atoms in total. The highest BCUT2D eigenvalue weighted by Gasteiger charge is 2.13. The number of nitrogens with one attached hydrogen (secondary N) is 2. The summed E-state index contributed by atoms with van der Waals surface area (Å²) in [4.78, 5) is 12.1. The monoisotopic (exact) mass is 356 g/mol. The largest absolute Gasteiger partial charge is 0.459 e. The molecule has 7 heteroatoms. The molecule has 1 heterocycles. The molecule has 1 aromatic heterocycles. The number of sulfonamides is 1. The molecular weight excluding hydrogens is 340 g/mol. The van der Waals surface area contributed by atoms with Gasteiger partial charge in [0.2, 0.25) is 10.0 Å². The van der Waals surface area contributed by atoms with Gasteiger partial charge in [0.25, 0.3) is 5.91 Å². The average molecular weight is 356 g/mol. The molecule has 0 bridgehead atoms. The average Bonchev–Trinajstić information content (AvgIpc) is 3.17. The number of anilines is 1. The van der Waals surface area contributed by atoms with Crippen LogP contribution in [-0.2, 0) is 16.6 Å². The first-order valence-electron chi connectivity index (χ1n) is 7.53. The minimum atomic E-state index is -3.55. The highest BCUT2D eigenvalue weighted by Crippen LogP contribution is 2.13. The molecule has 2 aromatic carbocycles. The van der Waals surface area contributed by atoms with Gasteiger partial charge in [-0.25, -0.2) is 13.1 Å². The van der Waals surface area contributed by atoms with Crippen molar-refractivity contribution < 1.29 is 17.6 Å². The first-order valence-corrected chi connectivity index (χ1v) is 9.01. The summed E-state index contributed by atoms with van der Waals surface area (Å²) in [5.74, 6) is -0.123. The molecule has 0 spiro atoms. The molecule has 0 aliphatic rings. The van der Waals surface area contributed by atoms with Crippen LogP contribution in [-0.4, -0.2) is 14.3 Å². The molecule has 0 aliphatic carbocycles. The molecule has 0 radical (unpaired) electrons. The quantitative estimate of drug-likeness (QED) is 0.711. The van der Waals surface area contributed by atoms with Crippen molar-refractivity contribution in [3.8, 4) is 0 Å². The lowest BCUT2D eigenvalue weighted by molar-refractivity contribution is 0.0996. The topological polar surface area (TPSA) is 88.4 Å². The Labute approximate surface area is 145 Å². The lowest BCUT2D eigenvalue weighted by Crippen LogP contribution is -2.23. The molecule has 128 valence electrons. The van der Waals surface area contributed by atoms with E-state index in [2.05, 4.69) is 10.0 Å². The van der Waals surface area contributed by atoms with Crippen molar-refractivity contribution in [3.63, 3.8) is 0 Å². The van der Waals surface area contributed by atoms with E-state index in [1.807, 2.05) is 0 Å². The predicted octanol–water partition coefficient (Wildman–Crippen LogP) is 3.01. The number of hydrogen-bond acceptors (Lipinski definition) is 4. The van der Waals surface area contributed by atoms with Gasteiger partial charge < -0.3 is 9.73 Å². The fraction of sp³-hybridized carbons (Fsp3) is 0.0556. The summed E-state index contributed by atoms with van der Waals surface area (Å²) in [6, 6.07) is 18.3. The Morgan fingerprint density at radius 1 is 0.920 bits per heavy atom. The highest BCUT2D eigenvalue weighted by atomic mass is 32.2. The van der Waals surface area contributed by atoms with Gasteiger partial charge in [-0.2, -0.15) is 0 Å². The van der Waals surface area contributed by atoms with Crippen molar-refractivity contribution in [2.75, 3.05) is 5.32 Å². The van der Waals surface area contributed by atoms with Gasteiger partial charge in [-0.05, 0) is 42.0 Å². The van der Waals surface area contributed by atoms with E-state index >= 15 is 0 Å². The number of furan rings is 1. The fourth-order valence-corrected chi connectivity index (χ4v) is 3.21. The summed E-state index contributed by atoms with van der Waals surface area (Å²) >= 11 is 0. The number of hydrogen-bond donors (Lipinski definition) is 2. The Balaban J connectivity index is 1.60. The van der Waals surface area contributed by atoms with Crippen LogP contribution in [0.3, 0.4) is 0 Å². The fourth-order valence-electron chi connectivity index (χ4n) is 2.17. The predicted molar refractivity (Wildman–Crippen MR) is 93.6 cm³/mol. The number of rotatable bonds is 6. The molecule has 0 aliphatic heterocycles. The minimum Gasteiger partial charge on any atom is -0.459 e. The van der Waals surface area contributed by atoms with E-state index in [4.69, 9.17) is 4.42 Å². The Bertz CT molecular complexity index is 935. The third-order valence-electron chi connectivity index (χ3n) is 3.48. The van der Waals surface area contributed by atoms with E-state index in [0.29, 0.717) is 5.69 Å². The van der Waals surface area contributed by atoms with Gasteiger partial charge in [0.1, 0.15) is 0 Å². The van der Waals surface area contributed by atoms with E-state index < -0.39 is 10.0 Å². The third-order valence-corrected chi connectivity index (χ3v) is 4.89. The van der Waals surface area contributed by atoms with Gasteiger partial charge >= 0.3 is 0 Å². The normalized spacial score (nSPS) is 11.2. The third kappa shape index (κ3) is 4.34. The molecular formula is C18H16N2O4S. The maximum Gasteiger partial charge on any atom is 0.291 e.